The van der Waals surface area contributed by atoms with E-state index in [-0.39, 0.29) is 17.0 Å². The van der Waals surface area contributed by atoms with E-state index in [1.54, 1.807) is 36.4 Å². The molecule has 0 aliphatic carbocycles. The van der Waals surface area contributed by atoms with Crippen molar-refractivity contribution < 1.29 is 32.2 Å². The molecule has 0 fully saturated rings. The molecule has 3 aromatic carbocycles. The Labute approximate surface area is 210 Å². The summed E-state index contributed by atoms with van der Waals surface area (Å²) in [7, 11) is -2.68. The average molecular weight is 514 g/mol. The molecule has 0 radical (unpaired) electrons. The summed E-state index contributed by atoms with van der Waals surface area (Å²) >= 11 is 0. The van der Waals surface area contributed by atoms with Crippen molar-refractivity contribution in [3.8, 4) is 22.6 Å². The Bertz CT molecular complexity index is 1400. The molecule has 0 spiro atoms. The van der Waals surface area contributed by atoms with Crippen LogP contribution in [0.5, 0.6) is 11.5 Å². The van der Waals surface area contributed by atoms with Crippen LogP contribution < -0.4 is 9.47 Å². The van der Waals surface area contributed by atoms with E-state index in [4.69, 9.17) is 9.47 Å². The molecule has 0 unspecified atom stereocenters. The van der Waals surface area contributed by atoms with Crippen molar-refractivity contribution in [2.45, 2.75) is 43.7 Å². The van der Waals surface area contributed by atoms with Crippen LogP contribution in [0.4, 0.5) is 4.39 Å². The number of carbonyl (C=O) groups is 1. The van der Waals surface area contributed by atoms with Crippen LogP contribution in [0.15, 0.2) is 65.6 Å². The van der Waals surface area contributed by atoms with Gasteiger partial charge in [0.1, 0.15) is 29.5 Å². The number of rotatable bonds is 8. The second kappa shape index (κ2) is 9.91. The minimum absolute atomic E-state index is 0.0322. The lowest BCUT2D eigenvalue weighted by atomic mass is 9.94. The van der Waals surface area contributed by atoms with Gasteiger partial charge < -0.3 is 14.6 Å². The fraction of sp³-hybridized carbons (Fsp3) is 0.296. The Morgan fingerprint density at radius 3 is 2.61 bits per heavy atom. The van der Waals surface area contributed by atoms with E-state index < -0.39 is 28.4 Å². The van der Waals surface area contributed by atoms with Crippen molar-refractivity contribution in [1.82, 2.24) is 4.31 Å². The largest absolute Gasteiger partial charge is 0.497 e. The standard InChI is InChI=1S/C27H28FNO6S/c1-27(2)10-9-20-15-24(7-8-25(20)35-27)36(32,33)29(17-26(30)31)16-18-11-21(13-22(28)12-18)19-5-4-6-23(14-19)34-3/h4-8,11-15H,9-10,16-17H2,1-3H3,(H,30,31). The Morgan fingerprint density at radius 1 is 1.11 bits per heavy atom. The summed E-state index contributed by atoms with van der Waals surface area (Å²) < 4.78 is 53.6. The molecule has 1 N–H and O–H groups in total. The topological polar surface area (TPSA) is 93.1 Å². The van der Waals surface area contributed by atoms with E-state index in [2.05, 4.69) is 0 Å². The first kappa shape index (κ1) is 25.7. The normalized spacial score (nSPS) is 14.7. The number of aliphatic carboxylic acids is 1. The van der Waals surface area contributed by atoms with Gasteiger partial charge in [-0.05, 0) is 97.5 Å². The molecular weight excluding hydrogens is 485 g/mol. The number of halogens is 1. The molecule has 0 aromatic heterocycles. The van der Waals surface area contributed by atoms with E-state index in [0.29, 0.717) is 34.6 Å². The molecule has 1 aliphatic rings. The van der Waals surface area contributed by atoms with Gasteiger partial charge in [0.05, 0.1) is 12.0 Å². The van der Waals surface area contributed by atoms with Gasteiger partial charge in [-0.15, -0.1) is 0 Å². The lowest BCUT2D eigenvalue weighted by Gasteiger charge is -2.33. The Morgan fingerprint density at radius 2 is 1.89 bits per heavy atom. The zero-order valence-corrected chi connectivity index (χ0v) is 21.1. The Kier molecular flexibility index (Phi) is 7.06. The average Bonchev–Trinajstić information content (AvgIpc) is 2.82. The lowest BCUT2D eigenvalue weighted by molar-refractivity contribution is -0.137. The Balaban J connectivity index is 1.68. The van der Waals surface area contributed by atoms with Crippen LogP contribution in [-0.2, 0) is 27.8 Å². The number of nitrogens with zero attached hydrogens (tertiary/aromatic N) is 1. The monoisotopic (exact) mass is 513 g/mol. The third-order valence-electron chi connectivity index (χ3n) is 6.08. The predicted molar refractivity (Wildman–Crippen MR) is 133 cm³/mol. The first-order valence-corrected chi connectivity index (χ1v) is 12.9. The molecule has 4 rings (SSSR count). The van der Waals surface area contributed by atoms with Crippen molar-refractivity contribution >= 4 is 16.0 Å². The van der Waals surface area contributed by atoms with Crippen molar-refractivity contribution in [1.29, 1.82) is 0 Å². The van der Waals surface area contributed by atoms with Gasteiger partial charge in [0.25, 0.3) is 0 Å². The van der Waals surface area contributed by atoms with Gasteiger partial charge >= 0.3 is 5.97 Å². The molecular formula is C27H28FNO6S. The molecule has 190 valence electrons. The maximum atomic E-state index is 14.6. The summed E-state index contributed by atoms with van der Waals surface area (Å²) in [4.78, 5) is 11.6. The van der Waals surface area contributed by atoms with E-state index in [9.17, 15) is 22.7 Å². The van der Waals surface area contributed by atoms with Gasteiger partial charge in [-0.2, -0.15) is 4.31 Å². The van der Waals surface area contributed by atoms with Crippen molar-refractivity contribution in [2.75, 3.05) is 13.7 Å². The highest BCUT2D eigenvalue weighted by Gasteiger charge is 2.31. The van der Waals surface area contributed by atoms with E-state index >= 15 is 0 Å². The fourth-order valence-electron chi connectivity index (χ4n) is 4.24. The maximum Gasteiger partial charge on any atom is 0.318 e. The van der Waals surface area contributed by atoms with Gasteiger partial charge in [0, 0.05) is 6.54 Å². The van der Waals surface area contributed by atoms with E-state index in [0.717, 1.165) is 16.3 Å². The molecule has 3 aromatic rings. The first-order chi connectivity index (χ1) is 17.0. The van der Waals surface area contributed by atoms with E-state index in [1.807, 2.05) is 13.8 Å². The van der Waals surface area contributed by atoms with Gasteiger partial charge in [-0.1, -0.05) is 12.1 Å². The lowest BCUT2D eigenvalue weighted by Crippen LogP contribution is -2.36. The maximum absolute atomic E-state index is 14.6. The number of methoxy groups -OCH3 is 1. The minimum atomic E-state index is -4.20. The van der Waals surface area contributed by atoms with Crippen molar-refractivity contribution in [2.24, 2.45) is 0 Å². The molecule has 0 bridgehead atoms. The second-order valence-electron chi connectivity index (χ2n) is 9.38. The van der Waals surface area contributed by atoms with E-state index in [1.165, 1.54) is 31.4 Å². The number of ether oxygens (including phenoxy) is 2. The number of carboxylic acids is 1. The zero-order valence-electron chi connectivity index (χ0n) is 20.3. The molecule has 0 saturated heterocycles. The van der Waals surface area contributed by atoms with Crippen molar-refractivity contribution in [3.63, 3.8) is 0 Å². The number of hydrogen-bond donors (Lipinski definition) is 1. The van der Waals surface area contributed by atoms with Crippen LogP contribution in [0.1, 0.15) is 31.4 Å². The molecule has 1 aliphatic heterocycles. The summed E-state index contributed by atoms with van der Waals surface area (Å²) in [6.07, 6.45) is 1.36. The van der Waals surface area contributed by atoms with Crippen LogP contribution in [0.25, 0.3) is 11.1 Å². The number of aryl methyl sites for hydroxylation is 1. The van der Waals surface area contributed by atoms with Crippen molar-refractivity contribution in [3.05, 3.63) is 77.6 Å². The molecule has 0 amide bonds. The third kappa shape index (κ3) is 5.68. The van der Waals surface area contributed by atoms with Gasteiger partial charge in [0.15, 0.2) is 0 Å². The van der Waals surface area contributed by atoms with Gasteiger partial charge in [-0.3, -0.25) is 4.79 Å². The first-order valence-electron chi connectivity index (χ1n) is 11.4. The van der Waals surface area contributed by atoms with Gasteiger partial charge in [-0.25, -0.2) is 12.8 Å². The molecule has 7 nitrogen and oxygen atoms in total. The highest BCUT2D eigenvalue weighted by Crippen LogP contribution is 2.35. The van der Waals surface area contributed by atoms with Crippen LogP contribution >= 0.6 is 0 Å². The summed E-state index contributed by atoms with van der Waals surface area (Å²) in [5.41, 5.74) is 1.92. The molecule has 36 heavy (non-hydrogen) atoms. The summed E-state index contributed by atoms with van der Waals surface area (Å²) in [5.74, 6) is -0.672. The summed E-state index contributed by atoms with van der Waals surface area (Å²) in [5, 5.41) is 9.45. The third-order valence-corrected chi connectivity index (χ3v) is 7.87. The molecule has 0 atom stereocenters. The van der Waals surface area contributed by atoms with Crippen LogP contribution in [0.2, 0.25) is 0 Å². The second-order valence-corrected chi connectivity index (χ2v) is 11.3. The quantitative estimate of drug-likeness (QED) is 0.462. The van der Waals surface area contributed by atoms with Crippen LogP contribution in [-0.4, -0.2) is 43.1 Å². The fourth-order valence-corrected chi connectivity index (χ4v) is 5.66. The molecule has 0 saturated carbocycles. The highest BCUT2D eigenvalue weighted by atomic mass is 32.2. The highest BCUT2D eigenvalue weighted by molar-refractivity contribution is 7.89. The van der Waals surface area contributed by atoms with Gasteiger partial charge in [0.2, 0.25) is 10.0 Å². The number of fused-ring (bicyclic) bond motifs is 1. The van der Waals surface area contributed by atoms with Crippen LogP contribution in [0.3, 0.4) is 0 Å². The number of hydrogen-bond acceptors (Lipinski definition) is 5. The van der Waals surface area contributed by atoms with Crippen LogP contribution in [0, 0.1) is 5.82 Å². The summed E-state index contributed by atoms with van der Waals surface area (Å²) in [6, 6.07) is 15.8. The predicted octanol–water partition coefficient (Wildman–Crippen LogP) is 4.88. The zero-order chi connectivity index (χ0) is 26.1. The molecule has 1 heterocycles. The number of carboxylic acid groups (broad SMARTS) is 1. The number of sulfonamides is 1. The Hall–Kier alpha value is -3.43. The minimum Gasteiger partial charge on any atom is -0.497 e. The SMILES string of the molecule is COc1cccc(-c2cc(F)cc(CN(CC(=O)O)S(=O)(=O)c3ccc4c(c3)CCC(C)(C)O4)c2)c1. The summed E-state index contributed by atoms with van der Waals surface area (Å²) in [6.45, 7) is 2.85. The number of benzene rings is 3. The smallest absolute Gasteiger partial charge is 0.318 e. The molecule has 9 heteroatoms.